The highest BCUT2D eigenvalue weighted by atomic mass is 32.2. The number of thioether (sulfide) groups is 1. The molecule has 0 radical (unpaired) electrons. The van der Waals surface area contributed by atoms with Crippen LogP contribution in [0.4, 0.5) is 9.52 Å². The molecular weight excluding hydrogens is 255 g/mol. The van der Waals surface area contributed by atoms with Gasteiger partial charge in [-0.1, -0.05) is 0 Å². The van der Waals surface area contributed by atoms with Gasteiger partial charge in [-0.2, -0.15) is 11.8 Å². The fourth-order valence-electron chi connectivity index (χ4n) is 1.37. The van der Waals surface area contributed by atoms with Crippen molar-refractivity contribution in [3.8, 4) is 11.3 Å². The lowest BCUT2D eigenvalue weighted by Crippen LogP contribution is -2.02. The first kappa shape index (κ1) is 12.4. The molecule has 2 aromatic rings. The maximum Gasteiger partial charge on any atom is 0.183 e. The van der Waals surface area contributed by atoms with E-state index in [0.717, 1.165) is 28.7 Å². The average molecular weight is 268 g/mol. The number of anilines is 1. The van der Waals surface area contributed by atoms with Crippen molar-refractivity contribution < 1.29 is 4.39 Å². The number of halogens is 1. The molecule has 0 unspecified atom stereocenters. The lowest BCUT2D eigenvalue weighted by Gasteiger charge is -1.99. The Labute approximate surface area is 108 Å². The van der Waals surface area contributed by atoms with Crippen molar-refractivity contribution in [3.63, 3.8) is 0 Å². The van der Waals surface area contributed by atoms with Gasteiger partial charge in [0.05, 0.1) is 5.69 Å². The molecule has 0 atom stereocenters. The maximum atomic E-state index is 12.8. The van der Waals surface area contributed by atoms with Crippen LogP contribution in [-0.2, 0) is 0 Å². The molecule has 1 aromatic carbocycles. The molecule has 0 saturated heterocycles. The number of hydrogen-bond acceptors (Lipinski definition) is 4. The van der Waals surface area contributed by atoms with Gasteiger partial charge in [0.1, 0.15) is 5.82 Å². The Bertz CT molecular complexity index is 468. The summed E-state index contributed by atoms with van der Waals surface area (Å²) in [5.41, 5.74) is 1.84. The molecule has 1 heterocycles. The minimum atomic E-state index is -0.220. The molecule has 0 saturated carbocycles. The number of nitrogens with one attached hydrogen (secondary N) is 1. The smallest absolute Gasteiger partial charge is 0.183 e. The van der Waals surface area contributed by atoms with E-state index in [1.54, 1.807) is 35.2 Å². The molecule has 0 aliphatic carbocycles. The number of hydrogen-bond donors (Lipinski definition) is 1. The van der Waals surface area contributed by atoms with E-state index in [0.29, 0.717) is 0 Å². The topological polar surface area (TPSA) is 24.9 Å². The highest BCUT2D eigenvalue weighted by Gasteiger charge is 2.03. The zero-order valence-corrected chi connectivity index (χ0v) is 11.1. The third kappa shape index (κ3) is 3.44. The summed E-state index contributed by atoms with van der Waals surface area (Å²) in [6.07, 6.45) is 2.08. The molecule has 0 spiro atoms. The Kier molecular flexibility index (Phi) is 4.39. The van der Waals surface area contributed by atoms with Crippen LogP contribution >= 0.6 is 23.1 Å². The number of benzene rings is 1. The zero-order chi connectivity index (χ0) is 12.1. The lowest BCUT2D eigenvalue weighted by atomic mass is 10.2. The van der Waals surface area contributed by atoms with Gasteiger partial charge in [0.2, 0.25) is 0 Å². The van der Waals surface area contributed by atoms with Crippen molar-refractivity contribution in [1.29, 1.82) is 0 Å². The molecule has 2 rings (SSSR count). The Hall–Kier alpha value is -1.07. The summed E-state index contributed by atoms with van der Waals surface area (Å²) in [5, 5.41) is 6.16. The van der Waals surface area contributed by atoms with E-state index in [-0.39, 0.29) is 5.82 Å². The second kappa shape index (κ2) is 6.02. The molecule has 0 bridgehead atoms. The van der Waals surface area contributed by atoms with Crippen molar-refractivity contribution in [3.05, 3.63) is 35.5 Å². The quantitative estimate of drug-likeness (QED) is 0.837. The minimum absolute atomic E-state index is 0.220. The molecule has 0 aliphatic heterocycles. The second-order valence-corrected chi connectivity index (χ2v) is 5.31. The predicted molar refractivity (Wildman–Crippen MR) is 74.4 cm³/mol. The predicted octanol–water partition coefficient (Wildman–Crippen LogP) is 3.72. The van der Waals surface area contributed by atoms with Crippen LogP contribution in [0.2, 0.25) is 0 Å². The Morgan fingerprint density at radius 1 is 1.35 bits per heavy atom. The van der Waals surface area contributed by atoms with E-state index in [1.165, 1.54) is 12.1 Å². The van der Waals surface area contributed by atoms with Crippen LogP contribution in [0.1, 0.15) is 0 Å². The fraction of sp³-hybridized carbons (Fsp3) is 0.250. The molecule has 1 aromatic heterocycles. The van der Waals surface area contributed by atoms with E-state index in [9.17, 15) is 4.39 Å². The van der Waals surface area contributed by atoms with Gasteiger partial charge >= 0.3 is 0 Å². The van der Waals surface area contributed by atoms with Crippen LogP contribution in [0.15, 0.2) is 29.6 Å². The van der Waals surface area contributed by atoms with Crippen LogP contribution in [0.3, 0.4) is 0 Å². The van der Waals surface area contributed by atoms with Gasteiger partial charge in [-0.3, -0.25) is 0 Å². The SMILES string of the molecule is CSCCNc1nc(-c2ccc(F)cc2)cs1. The first-order chi connectivity index (χ1) is 8.29. The molecule has 2 nitrogen and oxygen atoms in total. The van der Waals surface area contributed by atoms with Gasteiger partial charge < -0.3 is 5.32 Å². The second-order valence-electron chi connectivity index (χ2n) is 3.46. The minimum Gasteiger partial charge on any atom is -0.361 e. The molecule has 1 N–H and O–H groups in total. The zero-order valence-electron chi connectivity index (χ0n) is 9.44. The highest BCUT2D eigenvalue weighted by molar-refractivity contribution is 7.98. The van der Waals surface area contributed by atoms with E-state index >= 15 is 0 Å². The third-order valence-corrected chi connectivity index (χ3v) is 3.64. The summed E-state index contributed by atoms with van der Waals surface area (Å²) in [4.78, 5) is 4.46. The van der Waals surface area contributed by atoms with Gasteiger partial charge in [0.25, 0.3) is 0 Å². The summed E-state index contributed by atoms with van der Waals surface area (Å²) in [7, 11) is 0. The molecule has 5 heteroatoms. The number of thiazole rings is 1. The number of rotatable bonds is 5. The third-order valence-electron chi connectivity index (χ3n) is 2.23. The van der Waals surface area contributed by atoms with Crippen LogP contribution in [0.5, 0.6) is 0 Å². The molecule has 90 valence electrons. The maximum absolute atomic E-state index is 12.8. The van der Waals surface area contributed by atoms with E-state index < -0.39 is 0 Å². The van der Waals surface area contributed by atoms with Crippen molar-refractivity contribution >= 4 is 28.2 Å². The Balaban J connectivity index is 2.04. The average Bonchev–Trinajstić information content (AvgIpc) is 2.79. The van der Waals surface area contributed by atoms with Crippen molar-refractivity contribution in [2.75, 3.05) is 23.9 Å². The van der Waals surface area contributed by atoms with Gasteiger partial charge in [-0.05, 0) is 30.5 Å². The van der Waals surface area contributed by atoms with Crippen molar-refractivity contribution in [1.82, 2.24) is 4.98 Å². The summed E-state index contributed by atoms with van der Waals surface area (Å²) < 4.78 is 12.8. The normalized spacial score (nSPS) is 10.5. The highest BCUT2D eigenvalue weighted by Crippen LogP contribution is 2.24. The molecule has 0 aliphatic rings. The Morgan fingerprint density at radius 3 is 2.82 bits per heavy atom. The van der Waals surface area contributed by atoms with Crippen LogP contribution in [-0.4, -0.2) is 23.5 Å². The van der Waals surface area contributed by atoms with E-state index in [2.05, 4.69) is 16.6 Å². The lowest BCUT2D eigenvalue weighted by molar-refractivity contribution is 0.628. The van der Waals surface area contributed by atoms with E-state index in [1.807, 2.05) is 5.38 Å². The number of aromatic nitrogens is 1. The first-order valence-electron chi connectivity index (χ1n) is 5.24. The monoisotopic (exact) mass is 268 g/mol. The van der Waals surface area contributed by atoms with Crippen molar-refractivity contribution in [2.24, 2.45) is 0 Å². The Morgan fingerprint density at radius 2 is 2.12 bits per heavy atom. The summed E-state index contributed by atoms with van der Waals surface area (Å²) in [6.45, 7) is 0.914. The van der Waals surface area contributed by atoms with Gasteiger partial charge in [-0.15, -0.1) is 11.3 Å². The standard InChI is InChI=1S/C12H13FN2S2/c1-16-7-6-14-12-15-11(8-17-12)9-2-4-10(13)5-3-9/h2-5,8H,6-7H2,1H3,(H,14,15). The van der Waals surface area contributed by atoms with Crippen molar-refractivity contribution in [2.45, 2.75) is 0 Å². The molecular formula is C12H13FN2S2. The summed E-state index contributed by atoms with van der Waals surface area (Å²) in [6, 6.07) is 6.40. The van der Waals surface area contributed by atoms with Crippen LogP contribution in [0, 0.1) is 5.82 Å². The first-order valence-corrected chi connectivity index (χ1v) is 7.51. The summed E-state index contributed by atoms with van der Waals surface area (Å²) >= 11 is 3.37. The molecule has 0 fully saturated rings. The van der Waals surface area contributed by atoms with Gasteiger partial charge in [-0.25, -0.2) is 9.37 Å². The van der Waals surface area contributed by atoms with Crippen LogP contribution in [0.25, 0.3) is 11.3 Å². The molecule has 17 heavy (non-hydrogen) atoms. The fourth-order valence-corrected chi connectivity index (χ4v) is 2.42. The largest absolute Gasteiger partial charge is 0.361 e. The van der Waals surface area contributed by atoms with E-state index in [4.69, 9.17) is 0 Å². The van der Waals surface area contributed by atoms with Gasteiger partial charge in [0.15, 0.2) is 5.13 Å². The van der Waals surface area contributed by atoms with Crippen LogP contribution < -0.4 is 5.32 Å². The summed E-state index contributed by atoms with van der Waals surface area (Å²) in [5.74, 6) is 0.841. The number of nitrogens with zero attached hydrogens (tertiary/aromatic N) is 1. The molecule has 0 amide bonds. The van der Waals surface area contributed by atoms with Gasteiger partial charge in [0, 0.05) is 23.2 Å².